The number of aliphatic imine (C=N–C) groups is 1. The fraction of sp³-hybridized carbons (Fsp3) is 0.227. The number of rotatable bonds is 5. The van der Waals surface area contributed by atoms with Crippen molar-refractivity contribution in [1.82, 2.24) is 5.32 Å². The molecule has 5 nitrogen and oxygen atoms in total. The van der Waals surface area contributed by atoms with E-state index in [1.54, 1.807) is 24.3 Å². The lowest BCUT2D eigenvalue weighted by atomic mass is 10.2. The van der Waals surface area contributed by atoms with E-state index < -0.39 is 0 Å². The molecule has 1 N–H and O–H groups in total. The summed E-state index contributed by atoms with van der Waals surface area (Å²) in [7, 11) is 0. The van der Waals surface area contributed by atoms with Crippen molar-refractivity contribution < 1.29 is 9.59 Å². The Labute approximate surface area is 189 Å². The number of nitrogens with one attached hydrogen (secondary N) is 1. The van der Waals surface area contributed by atoms with Gasteiger partial charge in [-0.1, -0.05) is 58.7 Å². The van der Waals surface area contributed by atoms with Crippen LogP contribution in [0.25, 0.3) is 6.08 Å². The zero-order chi connectivity index (χ0) is 21.3. The monoisotopic (exact) mass is 459 g/mol. The van der Waals surface area contributed by atoms with E-state index in [9.17, 15) is 9.59 Å². The van der Waals surface area contributed by atoms with Crippen molar-refractivity contribution in [2.75, 3.05) is 10.7 Å². The van der Waals surface area contributed by atoms with Crippen LogP contribution in [0.5, 0.6) is 0 Å². The number of benzene rings is 2. The van der Waals surface area contributed by atoms with Gasteiger partial charge in [-0.25, -0.2) is 4.99 Å². The molecule has 1 aliphatic carbocycles. The second-order valence-corrected chi connectivity index (χ2v) is 8.96. The number of amides is 2. The lowest BCUT2D eigenvalue weighted by molar-refractivity contribution is -0.118. The van der Waals surface area contributed by atoms with Gasteiger partial charge in [-0.05, 0) is 55.7 Å². The SMILES string of the molecule is Cc1ccc(N2C(=O)/C(=C\c3ccc(Cl)c(Cl)c3)N=C2SCC(=O)NC2CC2)cc1. The minimum absolute atomic E-state index is 0.0524. The molecule has 2 aromatic rings. The predicted molar refractivity (Wildman–Crippen MR) is 124 cm³/mol. The molecule has 2 amide bonds. The summed E-state index contributed by atoms with van der Waals surface area (Å²) in [5.41, 5.74) is 2.79. The maximum atomic E-state index is 13.2. The largest absolute Gasteiger partial charge is 0.353 e. The Morgan fingerprint density at radius 3 is 2.60 bits per heavy atom. The van der Waals surface area contributed by atoms with Gasteiger partial charge in [-0.2, -0.15) is 0 Å². The van der Waals surface area contributed by atoms with Crippen LogP contribution in [-0.4, -0.2) is 28.8 Å². The Balaban J connectivity index is 1.61. The maximum absolute atomic E-state index is 13.2. The molecule has 30 heavy (non-hydrogen) atoms. The molecule has 1 aliphatic heterocycles. The average Bonchev–Trinajstić information content (AvgIpc) is 3.47. The van der Waals surface area contributed by atoms with Gasteiger partial charge in [0.05, 0.1) is 21.5 Å². The minimum Gasteiger partial charge on any atom is -0.353 e. The van der Waals surface area contributed by atoms with E-state index in [1.807, 2.05) is 31.2 Å². The van der Waals surface area contributed by atoms with Crippen molar-refractivity contribution in [2.24, 2.45) is 4.99 Å². The van der Waals surface area contributed by atoms with Crippen LogP contribution in [0.1, 0.15) is 24.0 Å². The molecule has 154 valence electrons. The number of carbonyl (C=O) groups excluding carboxylic acids is 2. The molecule has 0 aromatic heterocycles. The van der Waals surface area contributed by atoms with Crippen molar-refractivity contribution >= 4 is 63.7 Å². The molecule has 0 radical (unpaired) electrons. The highest BCUT2D eigenvalue weighted by Crippen LogP contribution is 2.31. The lowest BCUT2D eigenvalue weighted by Crippen LogP contribution is -2.32. The first-order chi connectivity index (χ1) is 14.4. The van der Waals surface area contributed by atoms with E-state index >= 15 is 0 Å². The van der Waals surface area contributed by atoms with Gasteiger partial charge in [0.15, 0.2) is 5.17 Å². The molecule has 0 spiro atoms. The third-order valence-electron chi connectivity index (χ3n) is 4.64. The summed E-state index contributed by atoms with van der Waals surface area (Å²) < 4.78 is 0. The molecule has 2 aromatic carbocycles. The summed E-state index contributed by atoms with van der Waals surface area (Å²) in [6, 6.07) is 13.0. The molecule has 2 aliphatic rings. The highest BCUT2D eigenvalue weighted by atomic mass is 35.5. The Kier molecular flexibility index (Phi) is 6.18. The smallest absolute Gasteiger partial charge is 0.283 e. The highest BCUT2D eigenvalue weighted by Gasteiger charge is 2.33. The summed E-state index contributed by atoms with van der Waals surface area (Å²) in [5.74, 6) is -0.108. The second-order valence-electron chi connectivity index (χ2n) is 7.20. The number of anilines is 1. The molecule has 0 bridgehead atoms. The lowest BCUT2D eigenvalue weighted by Gasteiger charge is -2.18. The molecule has 0 atom stereocenters. The Morgan fingerprint density at radius 2 is 1.93 bits per heavy atom. The maximum Gasteiger partial charge on any atom is 0.283 e. The standard InChI is InChI=1S/C22H19Cl2N3O2S/c1-13-2-7-16(8-3-13)27-21(29)19(11-14-4-9-17(23)18(24)10-14)26-22(27)30-12-20(28)25-15-5-6-15/h2-4,7-11,15H,5-6,12H2,1H3,(H,25,28)/b19-11+. The van der Waals surface area contributed by atoms with Crippen molar-refractivity contribution in [3.8, 4) is 0 Å². The molecule has 1 heterocycles. The molecule has 4 rings (SSSR count). The number of amidine groups is 1. The van der Waals surface area contributed by atoms with Gasteiger partial charge in [-0.15, -0.1) is 0 Å². The summed E-state index contributed by atoms with van der Waals surface area (Å²) in [4.78, 5) is 31.4. The molecule has 1 fully saturated rings. The summed E-state index contributed by atoms with van der Waals surface area (Å²) >= 11 is 13.3. The summed E-state index contributed by atoms with van der Waals surface area (Å²) in [5, 5.41) is 4.28. The average molecular weight is 460 g/mol. The summed E-state index contributed by atoms with van der Waals surface area (Å²) in [6.07, 6.45) is 3.73. The zero-order valence-electron chi connectivity index (χ0n) is 16.2. The number of carbonyl (C=O) groups is 2. The third-order valence-corrected chi connectivity index (χ3v) is 6.32. The van der Waals surface area contributed by atoms with Gasteiger partial charge < -0.3 is 5.32 Å². The molecular formula is C22H19Cl2N3O2S. The van der Waals surface area contributed by atoms with Crippen LogP contribution in [0.3, 0.4) is 0 Å². The second kappa shape index (κ2) is 8.84. The molecule has 8 heteroatoms. The molecule has 0 saturated heterocycles. The van der Waals surface area contributed by atoms with E-state index in [0.29, 0.717) is 26.9 Å². The third kappa shape index (κ3) is 4.89. The number of thioether (sulfide) groups is 1. The van der Waals surface area contributed by atoms with Crippen LogP contribution in [0.4, 0.5) is 5.69 Å². The van der Waals surface area contributed by atoms with Crippen LogP contribution in [0, 0.1) is 6.92 Å². The first-order valence-corrected chi connectivity index (χ1v) is 11.2. The van der Waals surface area contributed by atoms with Crippen LogP contribution in [0.2, 0.25) is 10.0 Å². The Bertz CT molecular complexity index is 1060. The fourth-order valence-electron chi connectivity index (χ4n) is 2.90. The fourth-order valence-corrected chi connectivity index (χ4v) is 4.03. The van der Waals surface area contributed by atoms with E-state index in [0.717, 1.165) is 24.0 Å². The zero-order valence-corrected chi connectivity index (χ0v) is 18.5. The normalized spacial score (nSPS) is 17.4. The van der Waals surface area contributed by atoms with Crippen molar-refractivity contribution in [1.29, 1.82) is 0 Å². The first-order valence-electron chi connectivity index (χ1n) is 9.49. The number of nitrogens with zero attached hydrogens (tertiary/aromatic N) is 2. The van der Waals surface area contributed by atoms with Crippen LogP contribution in [-0.2, 0) is 9.59 Å². The van der Waals surface area contributed by atoms with Crippen LogP contribution < -0.4 is 10.2 Å². The Hall–Kier alpha value is -2.28. The van der Waals surface area contributed by atoms with Crippen molar-refractivity contribution in [3.05, 3.63) is 69.3 Å². The van der Waals surface area contributed by atoms with Gasteiger partial charge in [0, 0.05) is 6.04 Å². The molecular weight excluding hydrogens is 441 g/mol. The van der Waals surface area contributed by atoms with Crippen molar-refractivity contribution in [3.63, 3.8) is 0 Å². The minimum atomic E-state index is -0.255. The van der Waals surface area contributed by atoms with E-state index in [4.69, 9.17) is 23.2 Å². The van der Waals surface area contributed by atoms with Gasteiger partial charge >= 0.3 is 0 Å². The molecule has 1 saturated carbocycles. The number of halogens is 2. The van der Waals surface area contributed by atoms with Crippen LogP contribution >= 0.6 is 35.0 Å². The quantitative estimate of drug-likeness (QED) is 0.635. The topological polar surface area (TPSA) is 61.8 Å². The number of hydrogen-bond acceptors (Lipinski definition) is 4. The van der Waals surface area contributed by atoms with Crippen molar-refractivity contribution in [2.45, 2.75) is 25.8 Å². The van der Waals surface area contributed by atoms with Crippen LogP contribution in [0.15, 0.2) is 53.2 Å². The molecule has 0 unspecified atom stereocenters. The predicted octanol–water partition coefficient (Wildman–Crippen LogP) is 5.06. The van der Waals surface area contributed by atoms with Gasteiger partial charge in [0.25, 0.3) is 5.91 Å². The number of hydrogen-bond donors (Lipinski definition) is 1. The van der Waals surface area contributed by atoms with E-state index in [-0.39, 0.29) is 23.3 Å². The first kappa shape index (κ1) is 21.0. The highest BCUT2D eigenvalue weighted by molar-refractivity contribution is 8.14. The van der Waals surface area contributed by atoms with Gasteiger partial charge in [-0.3, -0.25) is 14.5 Å². The summed E-state index contributed by atoms with van der Waals surface area (Å²) in [6.45, 7) is 1.98. The number of aryl methyl sites for hydroxylation is 1. The Morgan fingerprint density at radius 1 is 1.20 bits per heavy atom. The van der Waals surface area contributed by atoms with E-state index in [2.05, 4.69) is 10.3 Å². The van der Waals surface area contributed by atoms with E-state index in [1.165, 1.54) is 16.7 Å². The van der Waals surface area contributed by atoms with Gasteiger partial charge in [0.2, 0.25) is 5.91 Å². The van der Waals surface area contributed by atoms with Gasteiger partial charge in [0.1, 0.15) is 5.70 Å².